The lowest BCUT2D eigenvalue weighted by molar-refractivity contribution is -0.130. The summed E-state index contributed by atoms with van der Waals surface area (Å²) >= 11 is 0. The minimum Gasteiger partial charge on any atom is -0.497 e. The van der Waals surface area contributed by atoms with Gasteiger partial charge in [0, 0.05) is 43.7 Å². The van der Waals surface area contributed by atoms with Crippen molar-refractivity contribution in [1.29, 1.82) is 0 Å². The predicted molar refractivity (Wildman–Crippen MR) is 200 cm³/mol. The molecule has 10 nitrogen and oxygen atoms in total. The Morgan fingerprint density at radius 2 is 1.18 bits per heavy atom. The van der Waals surface area contributed by atoms with Gasteiger partial charge in [-0.1, -0.05) is 66.2 Å². The van der Waals surface area contributed by atoms with E-state index in [1.807, 2.05) is 48.5 Å². The zero-order valence-electron chi connectivity index (χ0n) is 30.0. The largest absolute Gasteiger partial charge is 0.497 e. The number of hydrogen-bond donors (Lipinski definition) is 2. The molecular formula is C41H48N4O6. The van der Waals surface area contributed by atoms with Crippen LogP contribution in [0.1, 0.15) is 30.4 Å². The Kier molecular flexibility index (Phi) is 14.2. The highest BCUT2D eigenvalue weighted by molar-refractivity contribution is 5.99. The summed E-state index contributed by atoms with van der Waals surface area (Å²) in [6, 6.07) is 33.2. The van der Waals surface area contributed by atoms with Crippen LogP contribution in [0.25, 0.3) is 0 Å². The molecule has 4 aromatic rings. The summed E-state index contributed by atoms with van der Waals surface area (Å²) in [5.41, 5.74) is 3.59. The van der Waals surface area contributed by atoms with Gasteiger partial charge < -0.3 is 29.9 Å². The SMILES string of the molecule is COc1ccc(N(C)C(=O)CNC(=O)C2CCC(C(=O)NC(Cc3ccccc3)C(=O)N(C)c3ccc(OC)cc3)C2)cc1.Cc1ccccc1. The van der Waals surface area contributed by atoms with Gasteiger partial charge in [-0.15, -0.1) is 0 Å². The minimum atomic E-state index is -0.795. The number of amides is 4. The van der Waals surface area contributed by atoms with Crippen molar-refractivity contribution in [1.82, 2.24) is 10.6 Å². The Hall–Kier alpha value is -5.64. The van der Waals surface area contributed by atoms with Gasteiger partial charge in [0.05, 0.1) is 20.8 Å². The van der Waals surface area contributed by atoms with Crippen molar-refractivity contribution >= 4 is 35.0 Å². The quantitative estimate of drug-likeness (QED) is 0.200. The average molecular weight is 693 g/mol. The van der Waals surface area contributed by atoms with Crippen molar-refractivity contribution in [2.24, 2.45) is 11.8 Å². The molecule has 1 saturated carbocycles. The van der Waals surface area contributed by atoms with E-state index in [1.165, 1.54) is 15.4 Å². The van der Waals surface area contributed by atoms with Crippen LogP contribution in [0.3, 0.4) is 0 Å². The van der Waals surface area contributed by atoms with E-state index in [0.29, 0.717) is 48.6 Å². The zero-order valence-corrected chi connectivity index (χ0v) is 30.0. The Morgan fingerprint density at radius 1 is 0.686 bits per heavy atom. The third-order valence-corrected chi connectivity index (χ3v) is 9.05. The molecule has 3 unspecified atom stereocenters. The summed E-state index contributed by atoms with van der Waals surface area (Å²) in [4.78, 5) is 55.7. The second kappa shape index (κ2) is 18.9. The molecule has 4 aromatic carbocycles. The van der Waals surface area contributed by atoms with E-state index in [0.717, 1.165) is 5.56 Å². The van der Waals surface area contributed by atoms with Gasteiger partial charge in [0.25, 0.3) is 0 Å². The molecule has 5 rings (SSSR count). The third-order valence-electron chi connectivity index (χ3n) is 9.05. The van der Waals surface area contributed by atoms with Crippen molar-refractivity contribution in [3.8, 4) is 11.5 Å². The predicted octanol–water partition coefficient (Wildman–Crippen LogP) is 5.58. The van der Waals surface area contributed by atoms with Gasteiger partial charge in [0.15, 0.2) is 0 Å². The van der Waals surface area contributed by atoms with Crippen molar-refractivity contribution in [2.75, 3.05) is 44.7 Å². The zero-order chi connectivity index (χ0) is 36.8. The Morgan fingerprint density at radius 3 is 1.67 bits per heavy atom. The van der Waals surface area contributed by atoms with Crippen LogP contribution in [0, 0.1) is 18.8 Å². The van der Waals surface area contributed by atoms with Gasteiger partial charge in [0.2, 0.25) is 23.6 Å². The molecule has 3 atom stereocenters. The number of rotatable bonds is 12. The molecule has 10 heteroatoms. The number of anilines is 2. The molecule has 0 aliphatic heterocycles. The topological polar surface area (TPSA) is 117 Å². The Balaban J connectivity index is 0.000000742. The molecule has 1 aliphatic carbocycles. The van der Waals surface area contributed by atoms with Crippen molar-refractivity contribution < 1.29 is 28.7 Å². The average Bonchev–Trinajstić information content (AvgIpc) is 3.68. The standard InChI is InChI=1S/C34H40N4O6.C7H8/c1-37(26-12-16-28(43-3)17-13-26)31(39)22-35-32(40)24-10-11-25(21-24)33(41)36-30(20-23-8-6-5-7-9-23)34(42)38(2)27-14-18-29(44-4)19-15-27;1-7-5-3-2-4-6-7/h5-9,12-19,24-25,30H,10-11,20-22H2,1-4H3,(H,35,40)(H,36,41);2-6H,1H3. The number of ether oxygens (including phenoxy) is 2. The lowest BCUT2D eigenvalue weighted by atomic mass is 10.0. The van der Waals surface area contributed by atoms with E-state index in [9.17, 15) is 19.2 Å². The Bertz CT molecular complexity index is 1720. The van der Waals surface area contributed by atoms with Crippen LogP contribution >= 0.6 is 0 Å². The molecule has 0 saturated heterocycles. The van der Waals surface area contributed by atoms with E-state index >= 15 is 0 Å². The first-order valence-electron chi connectivity index (χ1n) is 17.1. The highest BCUT2D eigenvalue weighted by Crippen LogP contribution is 2.31. The summed E-state index contributed by atoms with van der Waals surface area (Å²) in [5, 5.41) is 5.71. The number of nitrogens with zero attached hydrogens (tertiary/aromatic N) is 2. The van der Waals surface area contributed by atoms with Crippen LogP contribution in [-0.4, -0.2) is 64.5 Å². The molecule has 2 N–H and O–H groups in total. The van der Waals surface area contributed by atoms with E-state index < -0.39 is 17.9 Å². The molecule has 268 valence electrons. The first-order chi connectivity index (χ1) is 24.6. The van der Waals surface area contributed by atoms with Gasteiger partial charge in [-0.2, -0.15) is 0 Å². The smallest absolute Gasteiger partial charge is 0.249 e. The maximum atomic E-state index is 13.6. The van der Waals surface area contributed by atoms with Crippen LogP contribution in [-0.2, 0) is 25.6 Å². The van der Waals surface area contributed by atoms with Gasteiger partial charge >= 0.3 is 0 Å². The minimum absolute atomic E-state index is 0.153. The van der Waals surface area contributed by atoms with E-state index in [1.54, 1.807) is 76.8 Å². The molecule has 0 radical (unpaired) electrons. The summed E-state index contributed by atoms with van der Waals surface area (Å²) in [5.74, 6) is -0.477. The fraction of sp³-hybridized carbons (Fsp3) is 0.317. The third kappa shape index (κ3) is 11.2. The molecule has 0 aromatic heterocycles. The number of carbonyl (C=O) groups excluding carboxylic acids is 4. The molecule has 1 aliphatic rings. The number of likely N-dealkylation sites (N-methyl/N-ethyl adjacent to an activating group) is 2. The van der Waals surface area contributed by atoms with Crippen molar-refractivity contribution in [2.45, 2.75) is 38.6 Å². The summed E-state index contributed by atoms with van der Waals surface area (Å²) in [6.45, 7) is 1.93. The molecule has 51 heavy (non-hydrogen) atoms. The molecule has 0 heterocycles. The summed E-state index contributed by atoms with van der Waals surface area (Å²) in [6.07, 6.45) is 1.72. The van der Waals surface area contributed by atoms with Gasteiger partial charge in [-0.3, -0.25) is 19.2 Å². The Labute approximate surface area is 300 Å². The first kappa shape index (κ1) is 38.2. The fourth-order valence-electron chi connectivity index (χ4n) is 5.87. The number of benzene rings is 4. The van der Waals surface area contributed by atoms with Crippen molar-refractivity contribution in [3.63, 3.8) is 0 Å². The van der Waals surface area contributed by atoms with Gasteiger partial charge in [-0.25, -0.2) is 0 Å². The number of hydrogen-bond acceptors (Lipinski definition) is 6. The maximum Gasteiger partial charge on any atom is 0.249 e. The molecular weight excluding hydrogens is 644 g/mol. The number of nitrogens with one attached hydrogen (secondary N) is 2. The van der Waals surface area contributed by atoms with Crippen molar-refractivity contribution in [3.05, 3.63) is 120 Å². The van der Waals surface area contributed by atoms with Crippen LogP contribution in [0.15, 0.2) is 109 Å². The number of aryl methyl sites for hydroxylation is 1. The highest BCUT2D eigenvalue weighted by Gasteiger charge is 2.36. The number of methoxy groups -OCH3 is 2. The second-order valence-electron chi connectivity index (χ2n) is 12.6. The number of carbonyl (C=O) groups is 4. The van der Waals surface area contributed by atoms with E-state index in [-0.39, 0.29) is 30.2 Å². The van der Waals surface area contributed by atoms with Gasteiger partial charge in [0.1, 0.15) is 17.5 Å². The maximum absolute atomic E-state index is 13.6. The van der Waals surface area contributed by atoms with Crippen LogP contribution in [0.5, 0.6) is 11.5 Å². The molecule has 4 amide bonds. The van der Waals surface area contributed by atoms with E-state index in [2.05, 4.69) is 29.7 Å². The monoisotopic (exact) mass is 692 g/mol. The van der Waals surface area contributed by atoms with Crippen LogP contribution in [0.2, 0.25) is 0 Å². The fourth-order valence-corrected chi connectivity index (χ4v) is 5.87. The normalized spacial score (nSPS) is 15.3. The first-order valence-corrected chi connectivity index (χ1v) is 17.1. The lowest BCUT2D eigenvalue weighted by Gasteiger charge is -2.26. The molecule has 1 fully saturated rings. The molecule has 0 spiro atoms. The highest BCUT2D eigenvalue weighted by atomic mass is 16.5. The lowest BCUT2D eigenvalue weighted by Crippen LogP contribution is -2.50. The van der Waals surface area contributed by atoms with Gasteiger partial charge in [-0.05, 0) is 80.3 Å². The molecule has 0 bridgehead atoms. The summed E-state index contributed by atoms with van der Waals surface area (Å²) < 4.78 is 10.4. The summed E-state index contributed by atoms with van der Waals surface area (Å²) in [7, 11) is 6.47. The van der Waals surface area contributed by atoms with E-state index in [4.69, 9.17) is 9.47 Å². The second-order valence-corrected chi connectivity index (χ2v) is 12.6. The van der Waals surface area contributed by atoms with Crippen LogP contribution in [0.4, 0.5) is 11.4 Å². The van der Waals surface area contributed by atoms with Crippen LogP contribution < -0.4 is 29.9 Å².